The Kier molecular flexibility index (Phi) is 7.23. The van der Waals surface area contributed by atoms with Gasteiger partial charge in [0.15, 0.2) is 23.0 Å². The van der Waals surface area contributed by atoms with Crippen molar-refractivity contribution in [3.8, 4) is 39.9 Å². The lowest BCUT2D eigenvalue weighted by Crippen LogP contribution is -2.31. The van der Waals surface area contributed by atoms with Crippen LogP contribution in [0.25, 0.3) is 11.1 Å². The third-order valence-electron chi connectivity index (χ3n) is 6.41. The Bertz CT molecular complexity index is 1120. The van der Waals surface area contributed by atoms with Gasteiger partial charge < -0.3 is 33.2 Å². The lowest BCUT2D eigenvalue weighted by molar-refractivity contribution is -0.147. The van der Waals surface area contributed by atoms with E-state index >= 15 is 0 Å². The Morgan fingerprint density at radius 3 is 1.91 bits per heavy atom. The Balaban J connectivity index is 1.94. The maximum absolute atomic E-state index is 11.7. The molecule has 2 unspecified atom stereocenters. The van der Waals surface area contributed by atoms with Crippen molar-refractivity contribution in [3.05, 3.63) is 29.3 Å². The summed E-state index contributed by atoms with van der Waals surface area (Å²) in [4.78, 5) is 23.3. The molecule has 1 aliphatic carbocycles. The zero-order chi connectivity index (χ0) is 25.1. The molecule has 2 aliphatic rings. The summed E-state index contributed by atoms with van der Waals surface area (Å²) in [5, 5.41) is 0. The van der Waals surface area contributed by atoms with E-state index in [1.54, 1.807) is 21.3 Å². The molecular formula is C26H30O9. The predicted octanol–water partition coefficient (Wildman–Crippen LogP) is 3.57. The van der Waals surface area contributed by atoms with Crippen LogP contribution in [0.15, 0.2) is 18.2 Å². The van der Waals surface area contributed by atoms with Crippen LogP contribution in [0.4, 0.5) is 0 Å². The Morgan fingerprint density at radius 2 is 1.37 bits per heavy atom. The molecule has 9 nitrogen and oxygen atoms in total. The number of carbonyl (C=O) groups is 2. The minimum absolute atomic E-state index is 0.121. The summed E-state index contributed by atoms with van der Waals surface area (Å²) in [6.45, 7) is 3.27. The van der Waals surface area contributed by atoms with E-state index in [1.807, 2.05) is 18.2 Å². The molecule has 0 fully saturated rings. The van der Waals surface area contributed by atoms with Gasteiger partial charge in [-0.2, -0.15) is 0 Å². The molecule has 0 N–H and O–H groups in total. The summed E-state index contributed by atoms with van der Waals surface area (Å²) >= 11 is 0. The number of benzene rings is 2. The normalized spacial score (nSPS) is 17.9. The summed E-state index contributed by atoms with van der Waals surface area (Å²) < 4.78 is 39.3. The minimum Gasteiger partial charge on any atom is -0.493 e. The third kappa shape index (κ3) is 4.94. The number of ether oxygens (including phenoxy) is 7. The molecule has 1 aliphatic heterocycles. The van der Waals surface area contributed by atoms with Crippen molar-refractivity contribution in [1.82, 2.24) is 0 Å². The number of methoxy groups -OCH3 is 3. The second-order valence-electron chi connectivity index (χ2n) is 8.58. The van der Waals surface area contributed by atoms with Gasteiger partial charge in [0.25, 0.3) is 0 Å². The molecule has 2 aromatic carbocycles. The second kappa shape index (κ2) is 10.3. The van der Waals surface area contributed by atoms with Crippen molar-refractivity contribution < 1.29 is 42.7 Å². The molecule has 188 valence electrons. The quantitative estimate of drug-likeness (QED) is 0.544. The van der Waals surface area contributed by atoms with Gasteiger partial charge in [-0.3, -0.25) is 9.59 Å². The fraction of sp³-hybridized carbons (Fsp3) is 0.462. The first kappa shape index (κ1) is 24.5. The van der Waals surface area contributed by atoms with Crippen molar-refractivity contribution in [1.29, 1.82) is 0 Å². The van der Waals surface area contributed by atoms with Gasteiger partial charge in [0, 0.05) is 31.2 Å². The largest absolute Gasteiger partial charge is 0.493 e. The van der Waals surface area contributed by atoms with Crippen LogP contribution in [0.1, 0.15) is 25.0 Å². The third-order valence-corrected chi connectivity index (χ3v) is 6.41. The Hall–Kier alpha value is -3.62. The van der Waals surface area contributed by atoms with Crippen LogP contribution in [-0.4, -0.2) is 53.3 Å². The Morgan fingerprint density at radius 1 is 0.800 bits per heavy atom. The molecule has 2 aromatic rings. The highest BCUT2D eigenvalue weighted by Gasteiger charge is 2.34. The van der Waals surface area contributed by atoms with E-state index in [0.717, 1.165) is 22.3 Å². The topological polar surface area (TPSA) is 98.8 Å². The van der Waals surface area contributed by atoms with Gasteiger partial charge in [-0.1, -0.05) is 0 Å². The summed E-state index contributed by atoms with van der Waals surface area (Å²) in [6.07, 6.45) is 1.08. The minimum atomic E-state index is -0.368. The van der Waals surface area contributed by atoms with Gasteiger partial charge in [0.1, 0.15) is 0 Å². The number of hydrogen-bond donors (Lipinski definition) is 0. The monoisotopic (exact) mass is 486 g/mol. The number of fused-ring (bicyclic) bond motifs is 4. The molecular weight excluding hydrogens is 456 g/mol. The van der Waals surface area contributed by atoms with E-state index in [0.29, 0.717) is 41.6 Å². The van der Waals surface area contributed by atoms with Crippen molar-refractivity contribution in [2.75, 3.05) is 41.3 Å². The van der Waals surface area contributed by atoms with E-state index in [4.69, 9.17) is 33.2 Å². The Labute approximate surface area is 204 Å². The van der Waals surface area contributed by atoms with Crippen molar-refractivity contribution in [2.24, 2.45) is 11.8 Å². The van der Waals surface area contributed by atoms with Gasteiger partial charge in [-0.05, 0) is 47.7 Å². The second-order valence-corrected chi connectivity index (χ2v) is 8.58. The number of hydrogen-bond acceptors (Lipinski definition) is 9. The van der Waals surface area contributed by atoms with E-state index in [2.05, 4.69) is 0 Å². The molecule has 0 aromatic heterocycles. The summed E-state index contributed by atoms with van der Waals surface area (Å²) in [6, 6.07) is 5.81. The number of rotatable bonds is 7. The molecule has 0 radical (unpaired) electrons. The van der Waals surface area contributed by atoms with Crippen LogP contribution < -0.4 is 23.7 Å². The van der Waals surface area contributed by atoms with Crippen LogP contribution in [0.3, 0.4) is 0 Å². The van der Waals surface area contributed by atoms with Gasteiger partial charge in [-0.15, -0.1) is 0 Å². The predicted molar refractivity (Wildman–Crippen MR) is 125 cm³/mol. The van der Waals surface area contributed by atoms with Crippen LogP contribution in [0, 0.1) is 11.8 Å². The zero-order valence-corrected chi connectivity index (χ0v) is 20.6. The summed E-state index contributed by atoms with van der Waals surface area (Å²) in [5.74, 6) is 1.83. The average Bonchev–Trinajstić information content (AvgIpc) is 3.29. The molecule has 4 rings (SSSR count). The fourth-order valence-electron chi connectivity index (χ4n) is 4.79. The molecule has 0 saturated heterocycles. The maximum atomic E-state index is 11.7. The van der Waals surface area contributed by atoms with E-state index in [9.17, 15) is 9.59 Å². The fourth-order valence-corrected chi connectivity index (χ4v) is 4.79. The van der Waals surface area contributed by atoms with Gasteiger partial charge in [0.2, 0.25) is 12.5 Å². The highest BCUT2D eigenvalue weighted by molar-refractivity contribution is 5.83. The van der Waals surface area contributed by atoms with E-state index in [1.165, 1.54) is 13.8 Å². The number of esters is 2. The van der Waals surface area contributed by atoms with Crippen LogP contribution in [0.5, 0.6) is 28.7 Å². The van der Waals surface area contributed by atoms with Crippen LogP contribution >= 0.6 is 0 Å². The molecule has 9 heteroatoms. The lowest BCUT2D eigenvalue weighted by Gasteiger charge is -2.32. The van der Waals surface area contributed by atoms with E-state index < -0.39 is 0 Å². The van der Waals surface area contributed by atoms with Crippen molar-refractivity contribution in [2.45, 2.75) is 26.7 Å². The van der Waals surface area contributed by atoms with Crippen molar-refractivity contribution >= 4 is 11.9 Å². The first-order chi connectivity index (χ1) is 16.9. The molecule has 2 atom stereocenters. The SMILES string of the molecule is COc1cc2c(c(OC)c1OC)-c1cc3c(cc1CC(COC(C)=O)C(COC(C)=O)C2)OCO3. The smallest absolute Gasteiger partial charge is 0.302 e. The molecule has 0 bridgehead atoms. The highest BCUT2D eigenvalue weighted by atomic mass is 16.7. The average molecular weight is 487 g/mol. The highest BCUT2D eigenvalue weighted by Crippen LogP contribution is 2.51. The summed E-state index contributed by atoms with van der Waals surface area (Å²) in [5.41, 5.74) is 3.63. The molecule has 1 heterocycles. The van der Waals surface area contributed by atoms with Crippen molar-refractivity contribution in [3.63, 3.8) is 0 Å². The van der Waals surface area contributed by atoms with Gasteiger partial charge >= 0.3 is 11.9 Å². The molecule has 35 heavy (non-hydrogen) atoms. The lowest BCUT2D eigenvalue weighted by atomic mass is 9.76. The van der Waals surface area contributed by atoms with E-state index in [-0.39, 0.29) is 43.8 Å². The van der Waals surface area contributed by atoms with Gasteiger partial charge in [-0.25, -0.2) is 0 Å². The zero-order valence-electron chi connectivity index (χ0n) is 20.6. The summed E-state index contributed by atoms with van der Waals surface area (Å²) in [7, 11) is 4.72. The standard InChI is InChI=1S/C26H30O9/c1-14(27)32-11-18-6-16-8-21-22(35-13-34-21)10-20(16)24-17(7-19(18)12-33-15(2)28)9-23(29-3)25(30-4)26(24)31-5/h8-10,18-19H,6-7,11-13H2,1-5H3. The first-order valence-corrected chi connectivity index (χ1v) is 11.4. The first-order valence-electron chi connectivity index (χ1n) is 11.4. The van der Waals surface area contributed by atoms with Crippen LogP contribution in [0.2, 0.25) is 0 Å². The molecule has 0 saturated carbocycles. The maximum Gasteiger partial charge on any atom is 0.302 e. The van der Waals surface area contributed by atoms with Crippen LogP contribution in [-0.2, 0) is 31.9 Å². The molecule has 0 spiro atoms. The van der Waals surface area contributed by atoms with Gasteiger partial charge in [0.05, 0.1) is 34.5 Å². The molecule has 0 amide bonds. The number of carbonyl (C=O) groups excluding carboxylic acids is 2.